The lowest BCUT2D eigenvalue weighted by molar-refractivity contribution is 0.428. The smallest absolute Gasteiger partial charge is 0.0200 e. The Morgan fingerprint density at radius 2 is 1.41 bits per heavy atom. The summed E-state index contributed by atoms with van der Waals surface area (Å²) < 4.78 is 0. The summed E-state index contributed by atoms with van der Waals surface area (Å²) in [5.74, 6) is 9.61. The molecule has 0 aliphatic carbocycles. The Balaban J connectivity index is 4.05. The summed E-state index contributed by atoms with van der Waals surface area (Å²) in [6.45, 7) is 13.7. The van der Waals surface area contributed by atoms with Crippen molar-refractivity contribution in [3.8, 4) is 11.8 Å². The van der Waals surface area contributed by atoms with Crippen LogP contribution in [0.25, 0.3) is 0 Å². The van der Waals surface area contributed by atoms with Gasteiger partial charge in [-0.3, -0.25) is 0 Å². The minimum atomic E-state index is 0.555. The Hall–Kier alpha value is -0.440. The summed E-state index contributed by atoms with van der Waals surface area (Å²) in [5.41, 5.74) is 0. The monoisotopic (exact) mass is 236 g/mol. The van der Waals surface area contributed by atoms with E-state index in [-0.39, 0.29) is 0 Å². The van der Waals surface area contributed by atoms with Gasteiger partial charge >= 0.3 is 0 Å². The van der Waals surface area contributed by atoms with Crippen LogP contribution in [0, 0.1) is 35.5 Å². The third-order valence-electron chi connectivity index (χ3n) is 3.69. The summed E-state index contributed by atoms with van der Waals surface area (Å²) in [5, 5.41) is 0. The molecule has 0 aromatic rings. The van der Waals surface area contributed by atoms with Crippen LogP contribution in [0.2, 0.25) is 0 Å². The predicted octanol–water partition coefficient (Wildman–Crippen LogP) is 5.52. The second-order valence-electron chi connectivity index (χ2n) is 5.87. The first-order valence-corrected chi connectivity index (χ1v) is 7.52. The van der Waals surface area contributed by atoms with E-state index in [9.17, 15) is 0 Å². The lowest BCUT2D eigenvalue weighted by Gasteiger charge is -2.14. The van der Waals surface area contributed by atoms with Gasteiger partial charge in [-0.05, 0) is 24.7 Å². The molecule has 4 unspecified atom stereocenters. The predicted molar refractivity (Wildman–Crippen MR) is 78.9 cm³/mol. The molecule has 0 nitrogen and oxygen atoms in total. The highest BCUT2D eigenvalue weighted by Gasteiger charge is 2.09. The maximum absolute atomic E-state index is 3.46. The third-order valence-corrected chi connectivity index (χ3v) is 3.69. The zero-order chi connectivity index (χ0) is 13.3. The van der Waals surface area contributed by atoms with Crippen molar-refractivity contribution in [2.24, 2.45) is 23.7 Å². The molecule has 0 heterocycles. The molecule has 0 fully saturated rings. The molecule has 0 aliphatic heterocycles. The maximum atomic E-state index is 3.46. The molecule has 17 heavy (non-hydrogen) atoms. The third kappa shape index (κ3) is 8.31. The molecule has 0 aliphatic rings. The molecular formula is C17H32. The van der Waals surface area contributed by atoms with Crippen molar-refractivity contribution in [2.45, 2.75) is 73.6 Å². The van der Waals surface area contributed by atoms with Crippen molar-refractivity contribution in [2.75, 3.05) is 0 Å². The van der Waals surface area contributed by atoms with Gasteiger partial charge in [0.2, 0.25) is 0 Å². The van der Waals surface area contributed by atoms with Crippen LogP contribution in [-0.4, -0.2) is 0 Å². The lowest BCUT2D eigenvalue weighted by atomic mass is 9.90. The molecule has 0 saturated carbocycles. The Bertz CT molecular complexity index is 230. The van der Waals surface area contributed by atoms with Gasteiger partial charge in [0.15, 0.2) is 0 Å². The summed E-state index contributed by atoms with van der Waals surface area (Å²) in [6, 6.07) is 0. The van der Waals surface area contributed by atoms with Gasteiger partial charge in [-0.15, -0.1) is 0 Å². The zero-order valence-electron chi connectivity index (χ0n) is 12.8. The second kappa shape index (κ2) is 9.58. The maximum Gasteiger partial charge on any atom is 0.0200 e. The van der Waals surface area contributed by atoms with E-state index in [0.29, 0.717) is 11.8 Å². The van der Waals surface area contributed by atoms with Crippen molar-refractivity contribution < 1.29 is 0 Å². The van der Waals surface area contributed by atoms with Gasteiger partial charge in [-0.1, -0.05) is 72.6 Å². The van der Waals surface area contributed by atoms with Crippen molar-refractivity contribution >= 4 is 0 Å². The topological polar surface area (TPSA) is 0 Å². The molecule has 0 amide bonds. The highest BCUT2D eigenvalue weighted by Crippen LogP contribution is 2.18. The van der Waals surface area contributed by atoms with E-state index < -0.39 is 0 Å². The van der Waals surface area contributed by atoms with Crippen LogP contribution in [0.1, 0.15) is 73.6 Å². The molecule has 0 aromatic heterocycles. The molecule has 0 bridgehead atoms. The molecule has 0 saturated heterocycles. The fourth-order valence-corrected chi connectivity index (χ4v) is 2.39. The highest BCUT2D eigenvalue weighted by molar-refractivity contribution is 5.06. The average molecular weight is 236 g/mol. The van der Waals surface area contributed by atoms with E-state index >= 15 is 0 Å². The Kier molecular flexibility index (Phi) is 9.33. The van der Waals surface area contributed by atoms with E-state index in [4.69, 9.17) is 0 Å². The van der Waals surface area contributed by atoms with E-state index in [2.05, 4.69) is 53.4 Å². The Morgan fingerprint density at radius 1 is 0.824 bits per heavy atom. The lowest BCUT2D eigenvalue weighted by Crippen LogP contribution is -2.06. The quantitative estimate of drug-likeness (QED) is 0.510. The molecule has 0 N–H and O–H groups in total. The van der Waals surface area contributed by atoms with Crippen LogP contribution in [0.4, 0.5) is 0 Å². The van der Waals surface area contributed by atoms with Crippen molar-refractivity contribution in [1.82, 2.24) is 0 Å². The van der Waals surface area contributed by atoms with E-state index in [1.807, 2.05) is 0 Å². The normalized spacial score (nSPS) is 17.8. The zero-order valence-corrected chi connectivity index (χ0v) is 12.8. The van der Waals surface area contributed by atoms with E-state index in [1.165, 1.54) is 32.1 Å². The first-order valence-electron chi connectivity index (χ1n) is 7.52. The molecule has 100 valence electrons. The summed E-state index contributed by atoms with van der Waals surface area (Å²) in [4.78, 5) is 0. The van der Waals surface area contributed by atoms with Crippen LogP contribution in [0.5, 0.6) is 0 Å². The average Bonchev–Trinajstić information content (AvgIpc) is 2.26. The van der Waals surface area contributed by atoms with Gasteiger partial charge in [0, 0.05) is 11.8 Å². The Labute approximate surface area is 110 Å². The minimum absolute atomic E-state index is 0.555. The molecule has 0 heteroatoms. The second-order valence-corrected chi connectivity index (χ2v) is 5.87. The van der Waals surface area contributed by atoms with Crippen LogP contribution >= 0.6 is 0 Å². The van der Waals surface area contributed by atoms with Crippen LogP contribution < -0.4 is 0 Å². The minimum Gasteiger partial charge on any atom is -0.0999 e. The molecule has 0 aromatic carbocycles. The molecule has 0 radical (unpaired) electrons. The van der Waals surface area contributed by atoms with Crippen LogP contribution in [0.15, 0.2) is 0 Å². The van der Waals surface area contributed by atoms with Crippen molar-refractivity contribution in [3.05, 3.63) is 0 Å². The van der Waals surface area contributed by atoms with Gasteiger partial charge in [0.1, 0.15) is 0 Å². The SMILES string of the molecule is CCCC(C)CC(C)C#CC(C)C(C)CCC. The summed E-state index contributed by atoms with van der Waals surface area (Å²) >= 11 is 0. The first kappa shape index (κ1) is 16.6. The highest BCUT2D eigenvalue weighted by atomic mass is 14.1. The van der Waals surface area contributed by atoms with Gasteiger partial charge < -0.3 is 0 Å². The first-order chi connectivity index (χ1) is 8.01. The largest absolute Gasteiger partial charge is 0.0999 e. The molecule has 0 rings (SSSR count). The van der Waals surface area contributed by atoms with E-state index in [1.54, 1.807) is 0 Å². The van der Waals surface area contributed by atoms with Crippen molar-refractivity contribution in [1.29, 1.82) is 0 Å². The van der Waals surface area contributed by atoms with Gasteiger partial charge in [0.25, 0.3) is 0 Å². The number of hydrogen-bond donors (Lipinski definition) is 0. The molecule has 0 spiro atoms. The van der Waals surface area contributed by atoms with Crippen LogP contribution in [-0.2, 0) is 0 Å². The van der Waals surface area contributed by atoms with E-state index in [0.717, 1.165) is 11.8 Å². The van der Waals surface area contributed by atoms with Gasteiger partial charge in [0.05, 0.1) is 0 Å². The summed E-state index contributed by atoms with van der Waals surface area (Å²) in [7, 11) is 0. The molecule has 4 atom stereocenters. The van der Waals surface area contributed by atoms with Crippen LogP contribution in [0.3, 0.4) is 0 Å². The summed E-state index contributed by atoms with van der Waals surface area (Å²) in [6.07, 6.45) is 6.47. The fraction of sp³-hybridized carbons (Fsp3) is 0.882. The number of rotatable bonds is 7. The van der Waals surface area contributed by atoms with Gasteiger partial charge in [-0.25, -0.2) is 0 Å². The standard InChI is InChI=1S/C17H32/c1-7-9-14(3)13-15(4)11-12-17(6)16(5)10-8-2/h14-17H,7-10,13H2,1-6H3. The van der Waals surface area contributed by atoms with Gasteiger partial charge in [-0.2, -0.15) is 0 Å². The fourth-order valence-electron chi connectivity index (χ4n) is 2.39. The van der Waals surface area contributed by atoms with Crippen molar-refractivity contribution in [3.63, 3.8) is 0 Å². The Morgan fingerprint density at radius 3 is 1.94 bits per heavy atom. The molecular weight excluding hydrogens is 204 g/mol. The number of hydrogen-bond acceptors (Lipinski definition) is 0.